The van der Waals surface area contributed by atoms with Crippen molar-refractivity contribution < 1.29 is 9.90 Å². The number of nitrogens with zero attached hydrogens (tertiary/aromatic N) is 1. The first-order chi connectivity index (χ1) is 11.2. The van der Waals surface area contributed by atoms with Crippen LogP contribution in [0.3, 0.4) is 0 Å². The van der Waals surface area contributed by atoms with Crippen molar-refractivity contribution in [1.82, 2.24) is 10.3 Å². The lowest BCUT2D eigenvalue weighted by molar-refractivity contribution is 0.0957. The fourth-order valence-corrected chi connectivity index (χ4v) is 2.08. The lowest BCUT2D eigenvalue weighted by atomic mass is 10.1. The standard InChI is InChI=1S/C18H21N3O2/c1-2-10-19-18(23)15-8-9-17(20-12-15)21-13-16(22)11-14-6-4-3-5-7-14/h2-9,12,16,22H,1,10-11,13H2,(H,19,23)(H,20,21)/t16-/m1/s1. The van der Waals surface area contributed by atoms with Crippen molar-refractivity contribution in [2.24, 2.45) is 0 Å². The number of aliphatic hydroxyl groups excluding tert-OH is 1. The predicted molar refractivity (Wildman–Crippen MR) is 91.4 cm³/mol. The lowest BCUT2D eigenvalue weighted by Crippen LogP contribution is -2.24. The normalized spacial score (nSPS) is 11.5. The van der Waals surface area contributed by atoms with E-state index in [9.17, 15) is 9.90 Å². The highest BCUT2D eigenvalue weighted by molar-refractivity contribution is 5.94. The van der Waals surface area contributed by atoms with Gasteiger partial charge in [0.15, 0.2) is 0 Å². The SMILES string of the molecule is C=CCNC(=O)c1ccc(NC[C@H](O)Cc2ccccc2)nc1. The number of benzene rings is 1. The number of aliphatic hydroxyl groups is 1. The van der Waals surface area contributed by atoms with Crippen LogP contribution in [0, 0.1) is 0 Å². The number of amides is 1. The Hall–Kier alpha value is -2.66. The average Bonchev–Trinajstić information content (AvgIpc) is 2.59. The van der Waals surface area contributed by atoms with E-state index in [2.05, 4.69) is 22.2 Å². The molecule has 0 radical (unpaired) electrons. The zero-order valence-electron chi connectivity index (χ0n) is 12.9. The maximum Gasteiger partial charge on any atom is 0.253 e. The molecule has 1 amide bonds. The first-order valence-corrected chi connectivity index (χ1v) is 7.50. The Morgan fingerprint density at radius 1 is 1.26 bits per heavy atom. The molecule has 0 spiro atoms. The van der Waals surface area contributed by atoms with E-state index in [1.165, 1.54) is 6.20 Å². The fourth-order valence-electron chi connectivity index (χ4n) is 2.08. The largest absolute Gasteiger partial charge is 0.391 e. The molecule has 23 heavy (non-hydrogen) atoms. The van der Waals surface area contributed by atoms with E-state index in [4.69, 9.17) is 0 Å². The van der Waals surface area contributed by atoms with E-state index in [0.29, 0.717) is 30.9 Å². The summed E-state index contributed by atoms with van der Waals surface area (Å²) in [6, 6.07) is 13.2. The van der Waals surface area contributed by atoms with Gasteiger partial charge in [-0.3, -0.25) is 4.79 Å². The van der Waals surface area contributed by atoms with Crippen molar-refractivity contribution in [3.05, 3.63) is 72.4 Å². The second kappa shape index (κ2) is 8.70. The van der Waals surface area contributed by atoms with E-state index in [1.807, 2.05) is 30.3 Å². The Labute approximate surface area is 136 Å². The third kappa shape index (κ3) is 5.56. The molecule has 5 heteroatoms. The molecule has 1 heterocycles. The molecule has 0 bridgehead atoms. The summed E-state index contributed by atoms with van der Waals surface area (Å²) in [6.45, 7) is 4.36. The van der Waals surface area contributed by atoms with Gasteiger partial charge in [-0.25, -0.2) is 4.98 Å². The quantitative estimate of drug-likeness (QED) is 0.652. The van der Waals surface area contributed by atoms with Crippen molar-refractivity contribution in [2.75, 3.05) is 18.4 Å². The van der Waals surface area contributed by atoms with Gasteiger partial charge in [-0.05, 0) is 17.7 Å². The topological polar surface area (TPSA) is 74.2 Å². The van der Waals surface area contributed by atoms with Crippen LogP contribution in [-0.4, -0.2) is 35.2 Å². The van der Waals surface area contributed by atoms with Crippen molar-refractivity contribution in [3.63, 3.8) is 0 Å². The number of aromatic nitrogens is 1. The minimum atomic E-state index is -0.505. The Morgan fingerprint density at radius 2 is 2.04 bits per heavy atom. The van der Waals surface area contributed by atoms with Gasteiger partial charge in [0.25, 0.3) is 5.91 Å². The summed E-state index contributed by atoms with van der Waals surface area (Å²) in [4.78, 5) is 15.9. The van der Waals surface area contributed by atoms with Crippen molar-refractivity contribution in [2.45, 2.75) is 12.5 Å². The minimum Gasteiger partial charge on any atom is -0.391 e. The highest BCUT2D eigenvalue weighted by atomic mass is 16.3. The maximum atomic E-state index is 11.7. The number of hydrogen-bond acceptors (Lipinski definition) is 4. The Morgan fingerprint density at radius 3 is 2.70 bits per heavy atom. The smallest absolute Gasteiger partial charge is 0.253 e. The third-order valence-corrected chi connectivity index (χ3v) is 3.27. The Balaban J connectivity index is 1.81. The molecule has 0 aliphatic rings. The van der Waals surface area contributed by atoms with E-state index >= 15 is 0 Å². The molecule has 5 nitrogen and oxygen atoms in total. The Kier molecular flexibility index (Phi) is 6.32. The summed E-state index contributed by atoms with van der Waals surface area (Å²) in [5.41, 5.74) is 1.58. The molecule has 0 unspecified atom stereocenters. The summed E-state index contributed by atoms with van der Waals surface area (Å²) in [7, 11) is 0. The second-order valence-corrected chi connectivity index (χ2v) is 5.16. The predicted octanol–water partition coefficient (Wildman–Crippen LogP) is 2.01. The summed E-state index contributed by atoms with van der Waals surface area (Å²) in [6.07, 6.45) is 3.20. The molecule has 0 saturated carbocycles. The van der Waals surface area contributed by atoms with Crippen molar-refractivity contribution >= 4 is 11.7 Å². The van der Waals surface area contributed by atoms with Gasteiger partial charge in [0.2, 0.25) is 0 Å². The molecular formula is C18H21N3O2. The second-order valence-electron chi connectivity index (χ2n) is 5.16. The molecule has 120 valence electrons. The molecular weight excluding hydrogens is 290 g/mol. The van der Waals surface area contributed by atoms with Crippen molar-refractivity contribution in [3.8, 4) is 0 Å². The Bertz CT molecular complexity index is 626. The van der Waals surface area contributed by atoms with Gasteiger partial charge in [-0.1, -0.05) is 36.4 Å². The molecule has 1 atom stereocenters. The van der Waals surface area contributed by atoms with Crippen LogP contribution in [-0.2, 0) is 6.42 Å². The monoisotopic (exact) mass is 311 g/mol. The first kappa shape index (κ1) is 16.7. The maximum absolute atomic E-state index is 11.7. The summed E-state index contributed by atoms with van der Waals surface area (Å²) >= 11 is 0. The molecule has 0 fully saturated rings. The number of carbonyl (C=O) groups excluding carboxylic acids is 1. The number of anilines is 1. The molecule has 2 aromatic rings. The molecule has 1 aromatic carbocycles. The molecule has 0 aliphatic heterocycles. The van der Waals surface area contributed by atoms with Crippen molar-refractivity contribution in [1.29, 1.82) is 0 Å². The highest BCUT2D eigenvalue weighted by Crippen LogP contribution is 2.07. The molecule has 0 saturated heterocycles. The van der Waals surface area contributed by atoms with E-state index < -0.39 is 6.10 Å². The van der Waals surface area contributed by atoms with Gasteiger partial charge in [-0.15, -0.1) is 6.58 Å². The van der Waals surface area contributed by atoms with Crippen LogP contribution >= 0.6 is 0 Å². The fraction of sp³-hybridized carbons (Fsp3) is 0.222. The third-order valence-electron chi connectivity index (χ3n) is 3.27. The van der Waals surface area contributed by atoms with Gasteiger partial charge in [0.1, 0.15) is 5.82 Å². The van der Waals surface area contributed by atoms with Crippen LogP contribution in [0.25, 0.3) is 0 Å². The van der Waals surface area contributed by atoms with Crippen LogP contribution < -0.4 is 10.6 Å². The molecule has 0 aliphatic carbocycles. The van der Waals surface area contributed by atoms with Crippen LogP contribution in [0.2, 0.25) is 0 Å². The molecule has 3 N–H and O–H groups in total. The average molecular weight is 311 g/mol. The number of hydrogen-bond donors (Lipinski definition) is 3. The highest BCUT2D eigenvalue weighted by Gasteiger charge is 2.07. The lowest BCUT2D eigenvalue weighted by Gasteiger charge is -2.12. The van der Waals surface area contributed by atoms with Gasteiger partial charge in [0.05, 0.1) is 11.7 Å². The van der Waals surface area contributed by atoms with Gasteiger partial charge < -0.3 is 15.7 Å². The van der Waals surface area contributed by atoms with Crippen LogP contribution in [0.15, 0.2) is 61.3 Å². The van der Waals surface area contributed by atoms with Gasteiger partial charge in [-0.2, -0.15) is 0 Å². The number of rotatable bonds is 8. The number of carbonyl (C=O) groups is 1. The van der Waals surface area contributed by atoms with E-state index in [0.717, 1.165) is 5.56 Å². The summed E-state index contributed by atoms with van der Waals surface area (Å²) < 4.78 is 0. The van der Waals surface area contributed by atoms with Gasteiger partial charge in [0, 0.05) is 25.7 Å². The number of nitrogens with one attached hydrogen (secondary N) is 2. The zero-order chi connectivity index (χ0) is 16.5. The number of pyridine rings is 1. The van der Waals surface area contributed by atoms with Crippen LogP contribution in [0.5, 0.6) is 0 Å². The van der Waals surface area contributed by atoms with Crippen LogP contribution in [0.1, 0.15) is 15.9 Å². The van der Waals surface area contributed by atoms with Gasteiger partial charge >= 0.3 is 0 Å². The van der Waals surface area contributed by atoms with E-state index in [-0.39, 0.29) is 5.91 Å². The summed E-state index contributed by atoms with van der Waals surface area (Å²) in [5, 5.41) is 15.8. The summed E-state index contributed by atoms with van der Waals surface area (Å²) in [5.74, 6) is 0.436. The molecule has 2 rings (SSSR count). The van der Waals surface area contributed by atoms with E-state index in [1.54, 1.807) is 18.2 Å². The van der Waals surface area contributed by atoms with Crippen LogP contribution in [0.4, 0.5) is 5.82 Å². The zero-order valence-corrected chi connectivity index (χ0v) is 12.9. The molecule has 1 aromatic heterocycles. The minimum absolute atomic E-state index is 0.187. The first-order valence-electron chi connectivity index (χ1n) is 7.50.